The van der Waals surface area contributed by atoms with Crippen molar-refractivity contribution in [2.75, 3.05) is 0 Å². The maximum atomic E-state index is 13.0. The Morgan fingerprint density at radius 2 is 2.00 bits per heavy atom. The first kappa shape index (κ1) is 15.0. The molecule has 0 amide bonds. The highest BCUT2D eigenvalue weighted by molar-refractivity contribution is 5.32. The highest BCUT2D eigenvalue weighted by Crippen LogP contribution is 2.31. The number of aromatic nitrogens is 1. The van der Waals surface area contributed by atoms with E-state index in [1.165, 1.54) is 38.3 Å². The average Bonchev–Trinajstić information content (AvgIpc) is 2.47. The third-order valence-electron chi connectivity index (χ3n) is 4.03. The molecule has 3 heteroatoms. The number of pyridine rings is 1. The Kier molecular flexibility index (Phi) is 5.52. The molecule has 1 aromatic heterocycles. The number of unbranched alkanes of at least 4 members (excludes halogenated alkanes) is 1. The van der Waals surface area contributed by atoms with Crippen molar-refractivity contribution in [3.8, 4) is 11.8 Å². The van der Waals surface area contributed by atoms with Gasteiger partial charge in [0.1, 0.15) is 0 Å². The molecular weight excluding hydrogens is 256 g/mol. The maximum absolute atomic E-state index is 13.0. The molecule has 0 atom stereocenters. The minimum absolute atomic E-state index is 0.390. The standard InChI is InChI=1S/C17H21F2N/c1-2-3-4-13-5-7-14(8-6-13)9-10-15-11-16(18)17(19)20-12-15/h11-14H,2-8H2,1H3. The van der Waals surface area contributed by atoms with Crippen LogP contribution in [0, 0.1) is 35.4 Å². The third kappa shape index (κ3) is 4.30. The van der Waals surface area contributed by atoms with Gasteiger partial charge in [0, 0.05) is 17.7 Å². The van der Waals surface area contributed by atoms with Gasteiger partial charge in [0.15, 0.2) is 5.82 Å². The van der Waals surface area contributed by atoms with Crippen molar-refractivity contribution in [1.82, 2.24) is 4.98 Å². The zero-order valence-electron chi connectivity index (χ0n) is 12.0. The Morgan fingerprint density at radius 1 is 1.25 bits per heavy atom. The van der Waals surface area contributed by atoms with Gasteiger partial charge in [-0.05, 0) is 37.7 Å². The van der Waals surface area contributed by atoms with Crippen LogP contribution in [0.25, 0.3) is 0 Å². The Labute approximate surface area is 119 Å². The largest absolute Gasteiger partial charge is 0.248 e. The number of nitrogens with zero attached hydrogens (tertiary/aromatic N) is 1. The molecule has 0 unspecified atom stereocenters. The van der Waals surface area contributed by atoms with Crippen molar-refractivity contribution >= 4 is 0 Å². The quantitative estimate of drug-likeness (QED) is 0.576. The van der Waals surface area contributed by atoms with Crippen molar-refractivity contribution in [3.05, 3.63) is 29.6 Å². The van der Waals surface area contributed by atoms with Crippen molar-refractivity contribution in [2.45, 2.75) is 51.9 Å². The number of hydrogen-bond acceptors (Lipinski definition) is 1. The Bertz CT molecular complexity index is 493. The van der Waals surface area contributed by atoms with E-state index in [1.807, 2.05) is 0 Å². The summed E-state index contributed by atoms with van der Waals surface area (Å²) in [6.07, 6.45) is 9.95. The van der Waals surface area contributed by atoms with E-state index < -0.39 is 11.8 Å². The average molecular weight is 277 g/mol. The molecule has 0 aromatic carbocycles. The third-order valence-corrected chi connectivity index (χ3v) is 4.03. The summed E-state index contributed by atoms with van der Waals surface area (Å²) >= 11 is 0. The van der Waals surface area contributed by atoms with Crippen molar-refractivity contribution < 1.29 is 8.78 Å². The van der Waals surface area contributed by atoms with Crippen LogP contribution < -0.4 is 0 Å². The second kappa shape index (κ2) is 7.38. The zero-order chi connectivity index (χ0) is 14.4. The molecule has 108 valence electrons. The van der Waals surface area contributed by atoms with E-state index in [0.29, 0.717) is 11.5 Å². The van der Waals surface area contributed by atoms with E-state index in [0.717, 1.165) is 24.8 Å². The maximum Gasteiger partial charge on any atom is 0.248 e. The molecule has 0 radical (unpaired) electrons. The number of halogens is 2. The van der Waals surface area contributed by atoms with Gasteiger partial charge in [-0.15, -0.1) is 0 Å². The van der Waals surface area contributed by atoms with Crippen molar-refractivity contribution in [3.63, 3.8) is 0 Å². The van der Waals surface area contributed by atoms with Crippen LogP contribution in [0.15, 0.2) is 12.3 Å². The van der Waals surface area contributed by atoms with Gasteiger partial charge in [-0.25, -0.2) is 9.37 Å². The summed E-state index contributed by atoms with van der Waals surface area (Å²) < 4.78 is 25.7. The predicted octanol–water partition coefficient (Wildman–Crippen LogP) is 4.71. The van der Waals surface area contributed by atoms with Crippen LogP contribution in [0.2, 0.25) is 0 Å². The molecule has 1 aliphatic rings. The molecule has 0 bridgehead atoms. The molecule has 1 fully saturated rings. The van der Waals surface area contributed by atoms with Gasteiger partial charge in [-0.3, -0.25) is 0 Å². The number of hydrogen-bond donors (Lipinski definition) is 0. The first-order chi connectivity index (χ1) is 9.69. The molecule has 0 aliphatic heterocycles. The van der Waals surface area contributed by atoms with Gasteiger partial charge in [0.05, 0.1) is 0 Å². The van der Waals surface area contributed by atoms with Gasteiger partial charge < -0.3 is 0 Å². The smallest absolute Gasteiger partial charge is 0.224 e. The second-order valence-corrected chi connectivity index (χ2v) is 5.63. The molecule has 1 nitrogen and oxygen atoms in total. The summed E-state index contributed by atoms with van der Waals surface area (Å²) in [5, 5.41) is 0. The number of rotatable bonds is 3. The van der Waals surface area contributed by atoms with Gasteiger partial charge in [-0.2, -0.15) is 4.39 Å². The lowest BCUT2D eigenvalue weighted by Crippen LogP contribution is -2.13. The molecule has 1 aromatic rings. The Morgan fingerprint density at radius 3 is 2.65 bits per heavy atom. The molecule has 1 heterocycles. The summed E-state index contributed by atoms with van der Waals surface area (Å²) in [6, 6.07) is 1.11. The van der Waals surface area contributed by atoms with E-state index in [4.69, 9.17) is 0 Å². The van der Waals surface area contributed by atoms with E-state index in [9.17, 15) is 8.78 Å². The van der Waals surface area contributed by atoms with Gasteiger partial charge in [0.2, 0.25) is 5.95 Å². The lowest BCUT2D eigenvalue weighted by Gasteiger charge is -2.25. The molecule has 0 spiro atoms. The van der Waals surface area contributed by atoms with E-state index in [1.54, 1.807) is 0 Å². The van der Waals surface area contributed by atoms with Gasteiger partial charge in [0.25, 0.3) is 0 Å². The molecule has 0 saturated heterocycles. The van der Waals surface area contributed by atoms with E-state index >= 15 is 0 Å². The fraction of sp³-hybridized carbons (Fsp3) is 0.588. The first-order valence-electron chi connectivity index (χ1n) is 7.51. The van der Waals surface area contributed by atoms with E-state index in [2.05, 4.69) is 23.7 Å². The minimum Gasteiger partial charge on any atom is -0.224 e. The summed E-state index contributed by atoms with van der Waals surface area (Å²) in [4.78, 5) is 3.34. The highest BCUT2D eigenvalue weighted by Gasteiger charge is 2.19. The molecule has 0 N–H and O–H groups in total. The lowest BCUT2D eigenvalue weighted by molar-refractivity contribution is 0.296. The lowest BCUT2D eigenvalue weighted by atomic mass is 9.80. The summed E-state index contributed by atoms with van der Waals surface area (Å²) in [6.45, 7) is 2.23. The van der Waals surface area contributed by atoms with Crippen LogP contribution in [-0.2, 0) is 0 Å². The normalized spacial score (nSPS) is 22.1. The minimum atomic E-state index is -1.06. The topological polar surface area (TPSA) is 12.9 Å². The van der Waals surface area contributed by atoms with Crippen LogP contribution in [0.1, 0.15) is 57.4 Å². The summed E-state index contributed by atoms with van der Waals surface area (Å²) in [5.74, 6) is 5.36. The van der Waals surface area contributed by atoms with Crippen molar-refractivity contribution in [1.29, 1.82) is 0 Å². The van der Waals surface area contributed by atoms with Crippen LogP contribution >= 0.6 is 0 Å². The molecule has 20 heavy (non-hydrogen) atoms. The SMILES string of the molecule is CCCCC1CCC(C#Cc2cnc(F)c(F)c2)CC1. The zero-order valence-corrected chi connectivity index (χ0v) is 12.0. The predicted molar refractivity (Wildman–Crippen MR) is 76.0 cm³/mol. The molecular formula is C17H21F2N. The molecule has 1 saturated carbocycles. The van der Waals surface area contributed by atoms with E-state index in [-0.39, 0.29) is 0 Å². The Balaban J connectivity index is 1.86. The van der Waals surface area contributed by atoms with Gasteiger partial charge >= 0.3 is 0 Å². The fourth-order valence-corrected chi connectivity index (χ4v) is 2.76. The summed E-state index contributed by atoms with van der Waals surface area (Å²) in [7, 11) is 0. The molecule has 2 rings (SSSR count). The Hall–Kier alpha value is -1.43. The highest BCUT2D eigenvalue weighted by atomic mass is 19.2. The van der Waals surface area contributed by atoms with Crippen LogP contribution in [0.5, 0.6) is 0 Å². The first-order valence-corrected chi connectivity index (χ1v) is 7.51. The van der Waals surface area contributed by atoms with Gasteiger partial charge in [-0.1, -0.05) is 38.0 Å². The van der Waals surface area contributed by atoms with Crippen LogP contribution in [-0.4, -0.2) is 4.98 Å². The van der Waals surface area contributed by atoms with Crippen LogP contribution in [0.4, 0.5) is 8.78 Å². The molecule has 1 aliphatic carbocycles. The second-order valence-electron chi connectivity index (χ2n) is 5.63. The monoisotopic (exact) mass is 277 g/mol. The van der Waals surface area contributed by atoms with Crippen LogP contribution in [0.3, 0.4) is 0 Å². The fourth-order valence-electron chi connectivity index (χ4n) is 2.76. The van der Waals surface area contributed by atoms with Crippen molar-refractivity contribution in [2.24, 2.45) is 11.8 Å². The summed E-state index contributed by atoms with van der Waals surface area (Å²) in [5.41, 5.74) is 0.456.